The maximum Gasteiger partial charge on any atom is 0.237 e. The average molecular weight is 240 g/mol. The first-order valence-corrected chi connectivity index (χ1v) is 6.88. The van der Waals surface area contributed by atoms with Crippen LogP contribution in [0.3, 0.4) is 0 Å². The van der Waals surface area contributed by atoms with E-state index in [9.17, 15) is 4.79 Å². The molecule has 0 unspecified atom stereocenters. The van der Waals surface area contributed by atoms with Crippen LogP contribution in [0.25, 0.3) is 0 Å². The van der Waals surface area contributed by atoms with Crippen LogP contribution in [-0.4, -0.2) is 30.7 Å². The summed E-state index contributed by atoms with van der Waals surface area (Å²) >= 11 is 0. The molecule has 17 heavy (non-hydrogen) atoms. The molecule has 4 nitrogen and oxygen atoms in total. The molecular formula is C13H24N2O2. The second-order valence-corrected chi connectivity index (χ2v) is 5.42. The van der Waals surface area contributed by atoms with E-state index in [0.29, 0.717) is 6.04 Å². The van der Waals surface area contributed by atoms with E-state index >= 15 is 0 Å². The molecule has 1 aliphatic heterocycles. The Labute approximate surface area is 103 Å². The fourth-order valence-corrected chi connectivity index (χ4v) is 3.04. The highest BCUT2D eigenvalue weighted by Gasteiger charge is 2.38. The predicted octanol–water partition coefficient (Wildman–Crippen LogP) is 1.33. The number of carbonyl (C=O) groups is 1. The Morgan fingerprint density at radius 1 is 1.18 bits per heavy atom. The molecule has 3 N–H and O–H groups in total. The molecule has 0 radical (unpaired) electrons. The number of ether oxygens (including phenoxy) is 1. The summed E-state index contributed by atoms with van der Waals surface area (Å²) in [4.78, 5) is 11.8. The van der Waals surface area contributed by atoms with Crippen molar-refractivity contribution in [3.8, 4) is 0 Å². The van der Waals surface area contributed by atoms with Gasteiger partial charge in [0.2, 0.25) is 5.91 Å². The lowest BCUT2D eigenvalue weighted by molar-refractivity contribution is -0.125. The SMILES string of the molecule is NC(=O)C1(N[C@H]2CCCOC2)CCCCCC1. The first-order chi connectivity index (χ1) is 8.23. The lowest BCUT2D eigenvalue weighted by atomic mass is 9.87. The Morgan fingerprint density at radius 3 is 2.41 bits per heavy atom. The predicted molar refractivity (Wildman–Crippen MR) is 66.6 cm³/mol. The lowest BCUT2D eigenvalue weighted by Crippen LogP contribution is -2.59. The van der Waals surface area contributed by atoms with Crippen LogP contribution >= 0.6 is 0 Å². The van der Waals surface area contributed by atoms with Crippen molar-refractivity contribution >= 4 is 5.91 Å². The third-order valence-electron chi connectivity index (χ3n) is 4.07. The molecule has 2 aliphatic rings. The molecule has 1 heterocycles. The molecule has 2 fully saturated rings. The van der Waals surface area contributed by atoms with Gasteiger partial charge in [0.15, 0.2) is 0 Å². The standard InChI is InChI=1S/C13H24N2O2/c14-12(16)13(7-3-1-2-4-8-13)15-11-6-5-9-17-10-11/h11,15H,1-10H2,(H2,14,16)/t11-/m0/s1. The number of hydrogen-bond acceptors (Lipinski definition) is 3. The van der Waals surface area contributed by atoms with Crippen LogP contribution < -0.4 is 11.1 Å². The zero-order chi connectivity index (χ0) is 12.1. The van der Waals surface area contributed by atoms with Gasteiger partial charge in [0.1, 0.15) is 0 Å². The number of carbonyl (C=O) groups excluding carboxylic acids is 1. The third-order valence-corrected chi connectivity index (χ3v) is 4.07. The molecule has 98 valence electrons. The minimum absolute atomic E-state index is 0.176. The zero-order valence-electron chi connectivity index (χ0n) is 10.5. The monoisotopic (exact) mass is 240 g/mol. The molecule has 1 aliphatic carbocycles. The first-order valence-electron chi connectivity index (χ1n) is 6.88. The van der Waals surface area contributed by atoms with Crippen LogP contribution in [0, 0.1) is 0 Å². The highest BCUT2D eigenvalue weighted by atomic mass is 16.5. The summed E-state index contributed by atoms with van der Waals surface area (Å²) in [6, 6.07) is 0.300. The Bertz CT molecular complexity index is 254. The van der Waals surface area contributed by atoms with Crippen LogP contribution in [0.15, 0.2) is 0 Å². The molecule has 1 atom stereocenters. The maximum absolute atomic E-state index is 11.8. The Balaban J connectivity index is 2.01. The van der Waals surface area contributed by atoms with Gasteiger partial charge in [-0.15, -0.1) is 0 Å². The summed E-state index contributed by atoms with van der Waals surface area (Å²) in [6.45, 7) is 1.57. The molecule has 0 aromatic heterocycles. The molecule has 0 aromatic rings. The minimum Gasteiger partial charge on any atom is -0.380 e. The molecule has 0 bridgehead atoms. The summed E-state index contributed by atoms with van der Waals surface area (Å²) in [5, 5.41) is 3.51. The number of hydrogen-bond donors (Lipinski definition) is 2. The number of nitrogens with two attached hydrogens (primary N) is 1. The topological polar surface area (TPSA) is 64.4 Å². The number of rotatable bonds is 3. The molecule has 2 rings (SSSR count). The van der Waals surface area contributed by atoms with Crippen LogP contribution in [0.4, 0.5) is 0 Å². The van der Waals surface area contributed by atoms with Crippen LogP contribution in [-0.2, 0) is 9.53 Å². The fourth-order valence-electron chi connectivity index (χ4n) is 3.04. The Kier molecular flexibility index (Phi) is 4.40. The van der Waals surface area contributed by atoms with E-state index in [1.54, 1.807) is 0 Å². The van der Waals surface area contributed by atoms with Crippen molar-refractivity contribution < 1.29 is 9.53 Å². The van der Waals surface area contributed by atoms with E-state index in [-0.39, 0.29) is 5.91 Å². The van der Waals surface area contributed by atoms with Crippen molar-refractivity contribution in [2.45, 2.75) is 62.9 Å². The quantitative estimate of drug-likeness (QED) is 0.732. The van der Waals surface area contributed by atoms with Crippen LogP contribution in [0.5, 0.6) is 0 Å². The number of amides is 1. The van der Waals surface area contributed by atoms with E-state index in [4.69, 9.17) is 10.5 Å². The zero-order valence-corrected chi connectivity index (χ0v) is 10.5. The van der Waals surface area contributed by atoms with Gasteiger partial charge in [-0.1, -0.05) is 25.7 Å². The summed E-state index contributed by atoms with van der Waals surface area (Å²) in [5.41, 5.74) is 5.18. The van der Waals surface area contributed by atoms with Gasteiger partial charge in [-0.3, -0.25) is 10.1 Å². The van der Waals surface area contributed by atoms with Crippen LogP contribution in [0.1, 0.15) is 51.4 Å². The van der Waals surface area contributed by atoms with Gasteiger partial charge in [-0.2, -0.15) is 0 Å². The maximum atomic E-state index is 11.8. The second kappa shape index (κ2) is 5.83. The minimum atomic E-state index is -0.470. The van der Waals surface area contributed by atoms with Gasteiger partial charge in [0.05, 0.1) is 12.1 Å². The van der Waals surface area contributed by atoms with Gasteiger partial charge in [0.25, 0.3) is 0 Å². The highest BCUT2D eigenvalue weighted by molar-refractivity contribution is 5.84. The van der Waals surface area contributed by atoms with Crippen molar-refractivity contribution in [3.63, 3.8) is 0 Å². The van der Waals surface area contributed by atoms with Gasteiger partial charge in [-0.25, -0.2) is 0 Å². The van der Waals surface area contributed by atoms with Gasteiger partial charge in [-0.05, 0) is 25.7 Å². The van der Waals surface area contributed by atoms with E-state index in [1.165, 1.54) is 12.8 Å². The molecule has 1 saturated carbocycles. The van der Waals surface area contributed by atoms with Gasteiger partial charge < -0.3 is 10.5 Å². The Hall–Kier alpha value is -0.610. The van der Waals surface area contributed by atoms with Gasteiger partial charge in [0, 0.05) is 12.6 Å². The van der Waals surface area contributed by atoms with Crippen molar-refractivity contribution in [2.24, 2.45) is 5.73 Å². The summed E-state index contributed by atoms with van der Waals surface area (Å²) in [5.74, 6) is -0.176. The second-order valence-electron chi connectivity index (χ2n) is 5.42. The summed E-state index contributed by atoms with van der Waals surface area (Å²) in [7, 11) is 0. The molecule has 1 saturated heterocycles. The van der Waals surface area contributed by atoms with E-state index in [0.717, 1.165) is 51.7 Å². The number of nitrogens with one attached hydrogen (secondary N) is 1. The molecule has 0 spiro atoms. The summed E-state index contributed by atoms with van der Waals surface area (Å²) in [6.07, 6.45) is 8.59. The summed E-state index contributed by atoms with van der Waals surface area (Å²) < 4.78 is 5.46. The van der Waals surface area contributed by atoms with E-state index in [2.05, 4.69) is 5.32 Å². The van der Waals surface area contributed by atoms with Crippen molar-refractivity contribution in [1.29, 1.82) is 0 Å². The molecule has 0 aromatic carbocycles. The van der Waals surface area contributed by atoms with Crippen molar-refractivity contribution in [3.05, 3.63) is 0 Å². The number of primary amides is 1. The van der Waals surface area contributed by atoms with Crippen LogP contribution in [0.2, 0.25) is 0 Å². The van der Waals surface area contributed by atoms with E-state index < -0.39 is 5.54 Å². The third kappa shape index (κ3) is 3.19. The van der Waals surface area contributed by atoms with Crippen molar-refractivity contribution in [1.82, 2.24) is 5.32 Å². The lowest BCUT2D eigenvalue weighted by Gasteiger charge is -2.36. The van der Waals surface area contributed by atoms with E-state index in [1.807, 2.05) is 0 Å². The first kappa shape index (κ1) is 12.8. The highest BCUT2D eigenvalue weighted by Crippen LogP contribution is 2.28. The largest absolute Gasteiger partial charge is 0.380 e. The van der Waals surface area contributed by atoms with Gasteiger partial charge >= 0.3 is 0 Å². The smallest absolute Gasteiger partial charge is 0.237 e. The Morgan fingerprint density at radius 2 is 1.88 bits per heavy atom. The normalized spacial score (nSPS) is 29.5. The molecular weight excluding hydrogens is 216 g/mol. The fraction of sp³-hybridized carbons (Fsp3) is 0.923. The average Bonchev–Trinajstić information content (AvgIpc) is 2.57. The molecule has 4 heteroatoms. The molecule has 1 amide bonds. The van der Waals surface area contributed by atoms with Crippen molar-refractivity contribution in [2.75, 3.05) is 13.2 Å².